The minimum atomic E-state index is -0.449. The quantitative estimate of drug-likeness (QED) is 0.418. The first-order chi connectivity index (χ1) is 15.0. The van der Waals surface area contributed by atoms with E-state index in [-0.39, 0.29) is 18.1 Å². The van der Waals surface area contributed by atoms with Crippen molar-refractivity contribution in [2.75, 3.05) is 25.0 Å². The Morgan fingerprint density at radius 3 is 2.74 bits per heavy atom. The number of hydrazone groups is 1. The van der Waals surface area contributed by atoms with Crippen LogP contribution in [-0.4, -0.2) is 48.0 Å². The molecule has 0 atom stereocenters. The Morgan fingerprint density at radius 1 is 1.23 bits per heavy atom. The van der Waals surface area contributed by atoms with E-state index in [1.54, 1.807) is 24.1 Å². The Labute approximate surface area is 180 Å². The number of amides is 2. The summed E-state index contributed by atoms with van der Waals surface area (Å²) < 4.78 is 0. The second-order valence-corrected chi connectivity index (χ2v) is 7.32. The molecule has 9 heteroatoms. The monoisotopic (exact) mass is 423 g/mol. The summed E-state index contributed by atoms with van der Waals surface area (Å²) in [5, 5.41) is 15.5. The van der Waals surface area contributed by atoms with Crippen LogP contribution in [0.1, 0.15) is 31.2 Å². The number of likely N-dealkylation sites (tertiary alicyclic amines) is 1. The minimum Gasteiger partial charge on any atom is -0.339 e. The lowest BCUT2D eigenvalue weighted by atomic mass is 10.1. The topological polar surface area (TPSA) is 108 Å². The van der Waals surface area contributed by atoms with Gasteiger partial charge in [-0.05, 0) is 31.0 Å². The Bertz CT molecular complexity index is 977. The minimum absolute atomic E-state index is 0.0228. The van der Waals surface area contributed by atoms with Gasteiger partial charge in [-0.3, -0.25) is 19.7 Å². The van der Waals surface area contributed by atoms with Gasteiger partial charge in [0.05, 0.1) is 11.1 Å². The van der Waals surface area contributed by atoms with Gasteiger partial charge < -0.3 is 9.80 Å². The van der Waals surface area contributed by atoms with Crippen LogP contribution in [0.3, 0.4) is 0 Å². The molecule has 2 amide bonds. The van der Waals surface area contributed by atoms with Crippen LogP contribution in [0.15, 0.2) is 53.6 Å². The maximum atomic E-state index is 12.1. The van der Waals surface area contributed by atoms with Crippen LogP contribution in [0, 0.1) is 10.1 Å². The number of para-hydroxylation sites is 1. The van der Waals surface area contributed by atoms with Crippen molar-refractivity contribution in [1.29, 1.82) is 0 Å². The highest BCUT2D eigenvalue weighted by Crippen LogP contribution is 2.32. The van der Waals surface area contributed by atoms with Crippen molar-refractivity contribution in [2.24, 2.45) is 5.10 Å². The van der Waals surface area contributed by atoms with Gasteiger partial charge in [0.1, 0.15) is 12.2 Å². The van der Waals surface area contributed by atoms with E-state index in [1.165, 1.54) is 17.2 Å². The van der Waals surface area contributed by atoms with Gasteiger partial charge in [-0.15, -0.1) is 0 Å². The maximum Gasteiger partial charge on any atom is 0.293 e. The first-order valence-corrected chi connectivity index (χ1v) is 10.1. The van der Waals surface area contributed by atoms with E-state index in [1.807, 2.05) is 30.3 Å². The van der Waals surface area contributed by atoms with Crippen LogP contribution >= 0.6 is 0 Å². The van der Waals surface area contributed by atoms with Crippen LogP contribution in [0.25, 0.3) is 0 Å². The highest BCUT2D eigenvalue weighted by molar-refractivity contribution is 5.87. The molecule has 162 valence electrons. The molecule has 1 aliphatic rings. The average molecular weight is 423 g/mol. The largest absolute Gasteiger partial charge is 0.339 e. The Balaban J connectivity index is 1.66. The average Bonchev–Trinajstić information content (AvgIpc) is 2.97. The fraction of sp³-hybridized carbons (Fsp3) is 0.318. The van der Waals surface area contributed by atoms with Gasteiger partial charge in [0, 0.05) is 37.3 Å². The standard InChI is InChI=1S/C22H25N5O4/c1-25(18-8-4-2-5-9-18)19-12-11-17(14-20(19)27(30)31)15-23-24-21(28)16-26-13-7-3-6-10-22(26)29/h2,4-5,8-9,11-12,14-15H,3,6-7,10,13,16H2,1H3,(H,24,28)/b23-15-. The third-order valence-corrected chi connectivity index (χ3v) is 5.11. The number of nitrogens with zero attached hydrogens (tertiary/aromatic N) is 4. The van der Waals surface area contributed by atoms with Crippen LogP contribution in [0.5, 0.6) is 0 Å². The fourth-order valence-corrected chi connectivity index (χ4v) is 3.43. The second kappa shape index (κ2) is 10.3. The van der Waals surface area contributed by atoms with Crippen LogP contribution in [0.4, 0.5) is 17.1 Å². The van der Waals surface area contributed by atoms with E-state index in [2.05, 4.69) is 10.5 Å². The van der Waals surface area contributed by atoms with Gasteiger partial charge in [0.2, 0.25) is 5.91 Å². The smallest absolute Gasteiger partial charge is 0.293 e. The molecule has 1 saturated heterocycles. The lowest BCUT2D eigenvalue weighted by molar-refractivity contribution is -0.384. The van der Waals surface area contributed by atoms with Crippen molar-refractivity contribution in [2.45, 2.75) is 25.7 Å². The normalized spacial score (nSPS) is 14.4. The molecule has 31 heavy (non-hydrogen) atoms. The van der Waals surface area contributed by atoms with Crippen LogP contribution in [0.2, 0.25) is 0 Å². The van der Waals surface area contributed by atoms with Gasteiger partial charge in [0.15, 0.2) is 0 Å². The van der Waals surface area contributed by atoms with Crippen molar-refractivity contribution in [1.82, 2.24) is 10.3 Å². The van der Waals surface area contributed by atoms with Gasteiger partial charge in [-0.25, -0.2) is 5.43 Å². The first-order valence-electron chi connectivity index (χ1n) is 10.1. The Kier molecular flexibility index (Phi) is 7.31. The molecule has 0 unspecified atom stereocenters. The first kappa shape index (κ1) is 21.9. The van der Waals surface area contributed by atoms with Crippen molar-refractivity contribution in [3.8, 4) is 0 Å². The molecule has 0 spiro atoms. The molecule has 0 radical (unpaired) electrons. The number of nitro groups is 1. The van der Waals surface area contributed by atoms with Crippen molar-refractivity contribution in [3.05, 3.63) is 64.2 Å². The molecule has 2 aromatic rings. The number of nitrogens with one attached hydrogen (secondary N) is 1. The van der Waals surface area contributed by atoms with E-state index in [4.69, 9.17) is 0 Å². The number of benzene rings is 2. The molecule has 1 N–H and O–H groups in total. The summed E-state index contributed by atoms with van der Waals surface area (Å²) >= 11 is 0. The number of carbonyl (C=O) groups is 2. The van der Waals surface area contributed by atoms with Gasteiger partial charge in [-0.1, -0.05) is 30.7 Å². The molecule has 1 heterocycles. The number of rotatable bonds is 7. The van der Waals surface area contributed by atoms with E-state index >= 15 is 0 Å². The number of hydrogen-bond acceptors (Lipinski definition) is 6. The molecule has 9 nitrogen and oxygen atoms in total. The van der Waals surface area contributed by atoms with E-state index in [0.717, 1.165) is 24.9 Å². The van der Waals surface area contributed by atoms with E-state index < -0.39 is 10.8 Å². The molecular formula is C22H25N5O4. The fourth-order valence-electron chi connectivity index (χ4n) is 3.43. The zero-order chi connectivity index (χ0) is 22.2. The van der Waals surface area contributed by atoms with Gasteiger partial charge >= 0.3 is 0 Å². The summed E-state index contributed by atoms with van der Waals surface area (Å²) in [6.45, 7) is 0.523. The van der Waals surface area contributed by atoms with E-state index in [0.29, 0.717) is 24.2 Å². The lowest BCUT2D eigenvalue weighted by Crippen LogP contribution is -2.39. The molecule has 1 aliphatic heterocycles. The third kappa shape index (κ3) is 5.88. The molecule has 0 aromatic heterocycles. The van der Waals surface area contributed by atoms with Crippen LogP contribution in [-0.2, 0) is 9.59 Å². The Morgan fingerprint density at radius 2 is 2.00 bits per heavy atom. The number of carbonyl (C=O) groups excluding carboxylic acids is 2. The molecule has 3 rings (SSSR count). The summed E-state index contributed by atoms with van der Waals surface area (Å²) in [5.41, 5.74) is 4.05. The highest BCUT2D eigenvalue weighted by atomic mass is 16.6. The molecular weight excluding hydrogens is 398 g/mol. The summed E-state index contributed by atoms with van der Waals surface area (Å²) in [6, 6.07) is 14.1. The summed E-state index contributed by atoms with van der Waals surface area (Å²) in [4.78, 5) is 38.5. The molecule has 1 fully saturated rings. The maximum absolute atomic E-state index is 12.1. The highest BCUT2D eigenvalue weighted by Gasteiger charge is 2.20. The van der Waals surface area contributed by atoms with E-state index in [9.17, 15) is 19.7 Å². The molecule has 0 bridgehead atoms. The van der Waals surface area contributed by atoms with Crippen LogP contribution < -0.4 is 10.3 Å². The summed E-state index contributed by atoms with van der Waals surface area (Å²) in [5.74, 6) is -0.424. The van der Waals surface area contributed by atoms with Crippen molar-refractivity contribution < 1.29 is 14.5 Å². The number of hydrogen-bond donors (Lipinski definition) is 1. The van der Waals surface area contributed by atoms with Gasteiger partial charge in [-0.2, -0.15) is 5.10 Å². The number of anilines is 2. The van der Waals surface area contributed by atoms with Gasteiger partial charge in [0.25, 0.3) is 11.6 Å². The molecule has 0 aliphatic carbocycles. The zero-order valence-corrected chi connectivity index (χ0v) is 17.4. The predicted molar refractivity (Wildman–Crippen MR) is 118 cm³/mol. The second-order valence-electron chi connectivity index (χ2n) is 7.32. The summed E-state index contributed by atoms with van der Waals surface area (Å²) in [6.07, 6.45) is 4.53. The summed E-state index contributed by atoms with van der Waals surface area (Å²) in [7, 11) is 1.76. The predicted octanol–water partition coefficient (Wildman–Crippen LogP) is 3.22. The lowest BCUT2D eigenvalue weighted by Gasteiger charge is -2.19. The van der Waals surface area contributed by atoms with Crippen molar-refractivity contribution in [3.63, 3.8) is 0 Å². The number of nitro benzene ring substituents is 1. The SMILES string of the molecule is CN(c1ccccc1)c1ccc(/C=N\NC(=O)CN2CCCCCC2=O)cc1[N+](=O)[O-]. The zero-order valence-electron chi connectivity index (χ0n) is 17.4. The third-order valence-electron chi connectivity index (χ3n) is 5.11. The van der Waals surface area contributed by atoms with Crippen molar-refractivity contribution >= 4 is 35.1 Å². The molecule has 0 saturated carbocycles. The molecule has 2 aromatic carbocycles. The Hall–Kier alpha value is -3.75.